The predicted molar refractivity (Wildman–Crippen MR) is 86.0 cm³/mol. The fourth-order valence-electron chi connectivity index (χ4n) is 4.41. The molecule has 0 bridgehead atoms. The first-order valence-corrected chi connectivity index (χ1v) is 9.01. The Hall–Kier alpha value is -0.0800. The van der Waals surface area contributed by atoms with E-state index in [9.17, 15) is 0 Å². The lowest BCUT2D eigenvalue weighted by atomic mass is 9.80. The monoisotopic (exact) mass is 281 g/mol. The highest BCUT2D eigenvalue weighted by molar-refractivity contribution is 4.87. The standard InChI is InChI=1S/C18H35NO/c1-5-16-7-9-17(10-8-16)13-19-14(3)11-18(20-6-2)12-15(19)4/h14-18H,5-13H2,1-4H3. The van der Waals surface area contributed by atoms with Crippen LogP contribution in [0.25, 0.3) is 0 Å². The Bertz CT molecular complexity index is 261. The van der Waals surface area contributed by atoms with Gasteiger partial charge in [-0.15, -0.1) is 0 Å². The van der Waals surface area contributed by atoms with Gasteiger partial charge in [0.15, 0.2) is 0 Å². The Labute approximate surface area is 126 Å². The summed E-state index contributed by atoms with van der Waals surface area (Å²) in [6, 6.07) is 1.39. The molecule has 1 aliphatic carbocycles. The van der Waals surface area contributed by atoms with E-state index in [-0.39, 0.29) is 0 Å². The van der Waals surface area contributed by atoms with E-state index in [0.717, 1.165) is 18.4 Å². The Morgan fingerprint density at radius 3 is 1.95 bits per heavy atom. The number of rotatable bonds is 5. The molecule has 2 heteroatoms. The molecule has 0 aromatic carbocycles. The highest BCUT2D eigenvalue weighted by Gasteiger charge is 2.33. The lowest BCUT2D eigenvalue weighted by molar-refractivity contribution is -0.0363. The second-order valence-electron chi connectivity index (χ2n) is 7.24. The molecule has 0 aromatic rings. The van der Waals surface area contributed by atoms with Crippen LogP contribution in [0, 0.1) is 11.8 Å². The fraction of sp³-hybridized carbons (Fsp3) is 1.00. The molecule has 2 atom stereocenters. The summed E-state index contributed by atoms with van der Waals surface area (Å²) in [4.78, 5) is 2.77. The van der Waals surface area contributed by atoms with Crippen LogP contribution in [0.1, 0.15) is 72.6 Å². The second kappa shape index (κ2) is 7.79. The van der Waals surface area contributed by atoms with Crippen LogP contribution in [-0.2, 0) is 4.74 Å². The summed E-state index contributed by atoms with van der Waals surface area (Å²) >= 11 is 0. The van der Waals surface area contributed by atoms with Crippen molar-refractivity contribution in [2.24, 2.45) is 11.8 Å². The van der Waals surface area contributed by atoms with Crippen LogP contribution in [0.4, 0.5) is 0 Å². The van der Waals surface area contributed by atoms with Gasteiger partial charge in [0.2, 0.25) is 0 Å². The molecule has 20 heavy (non-hydrogen) atoms. The number of likely N-dealkylation sites (tertiary alicyclic amines) is 1. The number of hydrogen-bond acceptors (Lipinski definition) is 2. The zero-order chi connectivity index (χ0) is 14.5. The van der Waals surface area contributed by atoms with E-state index in [1.54, 1.807) is 0 Å². The van der Waals surface area contributed by atoms with Crippen molar-refractivity contribution < 1.29 is 4.74 Å². The largest absolute Gasteiger partial charge is 0.378 e. The summed E-state index contributed by atoms with van der Waals surface area (Å²) in [7, 11) is 0. The molecule has 1 heterocycles. The maximum atomic E-state index is 5.86. The Morgan fingerprint density at radius 1 is 0.900 bits per heavy atom. The summed E-state index contributed by atoms with van der Waals surface area (Å²) in [6.45, 7) is 11.5. The van der Waals surface area contributed by atoms with Gasteiger partial charge in [0.05, 0.1) is 6.10 Å². The van der Waals surface area contributed by atoms with Crippen molar-refractivity contribution in [3.05, 3.63) is 0 Å². The van der Waals surface area contributed by atoms with Gasteiger partial charge in [0.1, 0.15) is 0 Å². The van der Waals surface area contributed by atoms with Crippen molar-refractivity contribution in [1.29, 1.82) is 0 Å². The summed E-state index contributed by atoms with van der Waals surface area (Å²) < 4.78 is 5.86. The fourth-order valence-corrected chi connectivity index (χ4v) is 4.41. The van der Waals surface area contributed by atoms with Gasteiger partial charge >= 0.3 is 0 Å². The van der Waals surface area contributed by atoms with Crippen molar-refractivity contribution in [2.45, 2.75) is 90.8 Å². The smallest absolute Gasteiger partial charge is 0.0604 e. The zero-order valence-corrected chi connectivity index (χ0v) is 14.1. The average molecular weight is 281 g/mol. The number of nitrogens with zero attached hydrogens (tertiary/aromatic N) is 1. The highest BCUT2D eigenvalue weighted by atomic mass is 16.5. The molecule has 0 spiro atoms. The van der Waals surface area contributed by atoms with E-state index < -0.39 is 0 Å². The van der Waals surface area contributed by atoms with Gasteiger partial charge in [0, 0.05) is 25.2 Å². The normalized spacial score (nSPS) is 39.9. The van der Waals surface area contributed by atoms with Crippen molar-refractivity contribution >= 4 is 0 Å². The van der Waals surface area contributed by atoms with Crippen LogP contribution in [0.15, 0.2) is 0 Å². The third kappa shape index (κ3) is 4.21. The topological polar surface area (TPSA) is 12.5 Å². The third-order valence-electron chi connectivity index (χ3n) is 5.76. The SMILES string of the molecule is CCOC1CC(C)N(CC2CCC(CC)CC2)C(C)C1. The molecular formula is C18H35NO. The molecule has 2 unspecified atom stereocenters. The van der Waals surface area contributed by atoms with Gasteiger partial charge in [-0.3, -0.25) is 4.90 Å². The predicted octanol–water partition coefficient (Wildman–Crippen LogP) is 4.48. The number of hydrogen-bond donors (Lipinski definition) is 0. The first-order chi connectivity index (χ1) is 9.63. The van der Waals surface area contributed by atoms with Crippen molar-refractivity contribution in [1.82, 2.24) is 4.90 Å². The molecule has 1 saturated heterocycles. The molecule has 0 amide bonds. The minimum Gasteiger partial charge on any atom is -0.378 e. The molecule has 1 saturated carbocycles. The minimum absolute atomic E-state index is 0.497. The summed E-state index contributed by atoms with van der Waals surface area (Å²) in [5, 5.41) is 0. The highest BCUT2D eigenvalue weighted by Crippen LogP contribution is 2.33. The van der Waals surface area contributed by atoms with Crippen LogP contribution in [0.2, 0.25) is 0 Å². The van der Waals surface area contributed by atoms with Crippen LogP contribution in [0.3, 0.4) is 0 Å². The van der Waals surface area contributed by atoms with Crippen LogP contribution in [-0.4, -0.2) is 36.2 Å². The van der Waals surface area contributed by atoms with Gasteiger partial charge in [-0.2, -0.15) is 0 Å². The van der Waals surface area contributed by atoms with E-state index in [1.165, 1.54) is 51.5 Å². The molecule has 0 aromatic heterocycles. The summed E-state index contributed by atoms with van der Waals surface area (Å²) in [6.07, 6.45) is 10.2. The van der Waals surface area contributed by atoms with Crippen LogP contribution in [0.5, 0.6) is 0 Å². The van der Waals surface area contributed by atoms with E-state index in [2.05, 4.69) is 32.6 Å². The Balaban J connectivity index is 1.80. The lowest BCUT2D eigenvalue weighted by Crippen LogP contribution is -2.50. The van der Waals surface area contributed by atoms with Gasteiger partial charge < -0.3 is 4.74 Å². The maximum absolute atomic E-state index is 5.86. The molecule has 2 nitrogen and oxygen atoms in total. The van der Waals surface area contributed by atoms with Crippen LogP contribution < -0.4 is 0 Å². The van der Waals surface area contributed by atoms with E-state index in [1.807, 2.05) is 0 Å². The number of ether oxygens (including phenoxy) is 1. The van der Waals surface area contributed by atoms with Crippen molar-refractivity contribution in [3.63, 3.8) is 0 Å². The van der Waals surface area contributed by atoms with Gasteiger partial charge in [-0.25, -0.2) is 0 Å². The molecular weight excluding hydrogens is 246 g/mol. The summed E-state index contributed by atoms with van der Waals surface area (Å²) in [5.74, 6) is 1.97. The molecule has 0 radical (unpaired) electrons. The van der Waals surface area contributed by atoms with Crippen LogP contribution >= 0.6 is 0 Å². The first-order valence-electron chi connectivity index (χ1n) is 9.01. The van der Waals surface area contributed by atoms with E-state index in [0.29, 0.717) is 18.2 Å². The molecule has 2 rings (SSSR count). The molecule has 2 fully saturated rings. The zero-order valence-electron chi connectivity index (χ0n) is 14.1. The lowest BCUT2D eigenvalue weighted by Gasteiger charge is -2.44. The van der Waals surface area contributed by atoms with E-state index in [4.69, 9.17) is 4.74 Å². The van der Waals surface area contributed by atoms with E-state index >= 15 is 0 Å². The van der Waals surface area contributed by atoms with Crippen molar-refractivity contribution in [3.8, 4) is 0 Å². The van der Waals surface area contributed by atoms with Gasteiger partial charge in [-0.1, -0.05) is 26.2 Å². The summed E-state index contributed by atoms with van der Waals surface area (Å²) in [5.41, 5.74) is 0. The molecule has 1 aliphatic heterocycles. The average Bonchev–Trinajstić information content (AvgIpc) is 2.44. The minimum atomic E-state index is 0.497. The maximum Gasteiger partial charge on any atom is 0.0604 e. The number of piperidine rings is 1. The quantitative estimate of drug-likeness (QED) is 0.736. The van der Waals surface area contributed by atoms with Gasteiger partial charge in [0.25, 0.3) is 0 Å². The Morgan fingerprint density at radius 2 is 1.45 bits per heavy atom. The second-order valence-corrected chi connectivity index (χ2v) is 7.24. The molecule has 0 N–H and O–H groups in total. The molecule has 2 aliphatic rings. The third-order valence-corrected chi connectivity index (χ3v) is 5.76. The van der Waals surface area contributed by atoms with Gasteiger partial charge in [-0.05, 0) is 58.3 Å². The van der Waals surface area contributed by atoms with Crippen molar-refractivity contribution in [2.75, 3.05) is 13.2 Å². The Kier molecular flexibility index (Phi) is 6.35. The molecule has 118 valence electrons. The first kappa shape index (κ1) is 16.3.